The molecule has 0 radical (unpaired) electrons. The summed E-state index contributed by atoms with van der Waals surface area (Å²) < 4.78 is 4.99. The van der Waals surface area contributed by atoms with Crippen molar-refractivity contribution in [3.63, 3.8) is 0 Å². The topological polar surface area (TPSA) is 39.2 Å². The Labute approximate surface area is 80.9 Å². The molecule has 2 rings (SSSR count). The quantitative estimate of drug-likeness (QED) is 0.756. The fourth-order valence-corrected chi connectivity index (χ4v) is 1.27. The predicted octanol–water partition coefficient (Wildman–Crippen LogP) is 3.18. The van der Waals surface area contributed by atoms with Gasteiger partial charge in [0.1, 0.15) is 6.26 Å². The lowest BCUT2D eigenvalue weighted by Crippen LogP contribution is -1.76. The predicted molar refractivity (Wildman–Crippen MR) is 53.6 cm³/mol. The highest BCUT2D eigenvalue weighted by atomic mass is 35.5. The second-order valence-corrected chi connectivity index (χ2v) is 3.18. The molecule has 13 heavy (non-hydrogen) atoms. The van der Waals surface area contributed by atoms with Gasteiger partial charge in [0.25, 0.3) is 0 Å². The maximum atomic E-state index is 5.76. The maximum Gasteiger partial charge on any atom is 0.190 e. The summed E-state index contributed by atoms with van der Waals surface area (Å²) in [4.78, 5) is 0. The molecule has 0 atom stereocenters. The number of halogens is 1. The van der Waals surface area contributed by atoms with Gasteiger partial charge in [-0.15, -0.1) is 0 Å². The van der Waals surface area contributed by atoms with Crippen LogP contribution in [0.4, 0.5) is 5.88 Å². The first-order chi connectivity index (χ1) is 6.25. The normalized spacial score (nSPS) is 10.2. The minimum Gasteiger partial charge on any atom is -0.449 e. The van der Waals surface area contributed by atoms with Crippen LogP contribution in [-0.4, -0.2) is 0 Å². The van der Waals surface area contributed by atoms with Crippen LogP contribution in [0.3, 0.4) is 0 Å². The van der Waals surface area contributed by atoms with Crippen LogP contribution in [0.5, 0.6) is 0 Å². The molecule has 1 aromatic heterocycles. The molecule has 2 aromatic rings. The fraction of sp³-hybridized carbons (Fsp3) is 0. The molecule has 66 valence electrons. The summed E-state index contributed by atoms with van der Waals surface area (Å²) in [6, 6.07) is 9.29. The lowest BCUT2D eigenvalue weighted by Gasteiger charge is -1.95. The Hall–Kier alpha value is -1.41. The summed E-state index contributed by atoms with van der Waals surface area (Å²) >= 11 is 5.76. The minimum absolute atomic E-state index is 0.421. The van der Waals surface area contributed by atoms with Crippen molar-refractivity contribution in [2.75, 3.05) is 5.73 Å². The number of anilines is 1. The third-order valence-electron chi connectivity index (χ3n) is 1.80. The molecular weight excluding hydrogens is 186 g/mol. The number of furan rings is 1. The van der Waals surface area contributed by atoms with Crippen LogP contribution >= 0.6 is 11.6 Å². The zero-order valence-corrected chi connectivity index (χ0v) is 7.58. The molecule has 0 amide bonds. The zero-order chi connectivity index (χ0) is 9.26. The SMILES string of the molecule is Nc1cc(-c2ccc(Cl)cc2)co1. The smallest absolute Gasteiger partial charge is 0.190 e. The summed E-state index contributed by atoms with van der Waals surface area (Å²) in [5.74, 6) is 0.421. The van der Waals surface area contributed by atoms with Gasteiger partial charge in [0.05, 0.1) is 0 Å². The average molecular weight is 194 g/mol. The Balaban J connectivity index is 2.41. The van der Waals surface area contributed by atoms with Crippen LogP contribution < -0.4 is 5.73 Å². The van der Waals surface area contributed by atoms with E-state index < -0.39 is 0 Å². The summed E-state index contributed by atoms with van der Waals surface area (Å²) in [5, 5.41) is 0.722. The summed E-state index contributed by atoms with van der Waals surface area (Å²) in [5.41, 5.74) is 7.47. The van der Waals surface area contributed by atoms with E-state index in [0.29, 0.717) is 5.88 Å². The average Bonchev–Trinajstić information content (AvgIpc) is 2.53. The Morgan fingerprint density at radius 2 is 1.77 bits per heavy atom. The monoisotopic (exact) mass is 193 g/mol. The van der Waals surface area contributed by atoms with Gasteiger partial charge in [-0.1, -0.05) is 23.7 Å². The van der Waals surface area contributed by atoms with Crippen LogP contribution in [0, 0.1) is 0 Å². The zero-order valence-electron chi connectivity index (χ0n) is 6.83. The molecule has 1 aromatic carbocycles. The van der Waals surface area contributed by atoms with Crippen LogP contribution in [0.2, 0.25) is 5.02 Å². The number of benzene rings is 1. The Bertz CT molecular complexity index is 405. The fourth-order valence-electron chi connectivity index (χ4n) is 1.15. The Kier molecular flexibility index (Phi) is 1.99. The first-order valence-corrected chi connectivity index (χ1v) is 4.23. The molecule has 0 saturated carbocycles. The maximum absolute atomic E-state index is 5.76. The van der Waals surface area contributed by atoms with Gasteiger partial charge < -0.3 is 10.2 Å². The second-order valence-electron chi connectivity index (χ2n) is 2.74. The lowest BCUT2D eigenvalue weighted by molar-refractivity contribution is 0.588. The first kappa shape index (κ1) is 8.20. The van der Waals surface area contributed by atoms with E-state index in [1.807, 2.05) is 24.3 Å². The van der Waals surface area contributed by atoms with Crippen molar-refractivity contribution in [3.8, 4) is 11.1 Å². The van der Waals surface area contributed by atoms with Crippen molar-refractivity contribution >= 4 is 17.5 Å². The third-order valence-corrected chi connectivity index (χ3v) is 2.05. The molecule has 3 heteroatoms. The molecule has 0 unspecified atom stereocenters. The number of nitrogens with two attached hydrogens (primary N) is 1. The van der Waals surface area contributed by atoms with Gasteiger partial charge in [0.15, 0.2) is 5.88 Å². The van der Waals surface area contributed by atoms with E-state index in [1.54, 1.807) is 12.3 Å². The van der Waals surface area contributed by atoms with E-state index in [2.05, 4.69) is 0 Å². The van der Waals surface area contributed by atoms with Crippen molar-refractivity contribution in [1.82, 2.24) is 0 Å². The van der Waals surface area contributed by atoms with Gasteiger partial charge in [-0.3, -0.25) is 0 Å². The van der Waals surface area contributed by atoms with Gasteiger partial charge in [0.2, 0.25) is 0 Å². The number of rotatable bonds is 1. The van der Waals surface area contributed by atoms with Gasteiger partial charge in [-0.05, 0) is 17.7 Å². The van der Waals surface area contributed by atoms with Crippen molar-refractivity contribution in [3.05, 3.63) is 41.6 Å². The van der Waals surface area contributed by atoms with Crippen LogP contribution in [-0.2, 0) is 0 Å². The molecule has 0 bridgehead atoms. The summed E-state index contributed by atoms with van der Waals surface area (Å²) in [6.45, 7) is 0. The lowest BCUT2D eigenvalue weighted by atomic mass is 10.1. The van der Waals surface area contributed by atoms with Crippen LogP contribution in [0.25, 0.3) is 11.1 Å². The van der Waals surface area contributed by atoms with Gasteiger partial charge in [-0.25, -0.2) is 0 Å². The Morgan fingerprint density at radius 3 is 2.31 bits per heavy atom. The molecule has 0 fully saturated rings. The third kappa shape index (κ3) is 1.68. The van der Waals surface area contributed by atoms with Crippen molar-refractivity contribution in [2.24, 2.45) is 0 Å². The molecule has 2 nitrogen and oxygen atoms in total. The van der Waals surface area contributed by atoms with Crippen molar-refractivity contribution < 1.29 is 4.42 Å². The highest BCUT2D eigenvalue weighted by Crippen LogP contribution is 2.24. The number of hydrogen-bond donors (Lipinski definition) is 1. The van der Waals surface area contributed by atoms with Crippen LogP contribution in [0.1, 0.15) is 0 Å². The van der Waals surface area contributed by atoms with E-state index in [1.165, 1.54) is 0 Å². The molecular formula is C10H8ClNO. The number of nitrogen functional groups attached to an aromatic ring is 1. The van der Waals surface area contributed by atoms with Gasteiger partial charge in [0, 0.05) is 16.7 Å². The molecule has 0 aliphatic heterocycles. The molecule has 1 heterocycles. The van der Waals surface area contributed by atoms with E-state index in [4.69, 9.17) is 21.8 Å². The highest BCUT2D eigenvalue weighted by Gasteiger charge is 2.00. The highest BCUT2D eigenvalue weighted by molar-refractivity contribution is 6.30. The van der Waals surface area contributed by atoms with Gasteiger partial charge in [-0.2, -0.15) is 0 Å². The van der Waals surface area contributed by atoms with Crippen molar-refractivity contribution in [1.29, 1.82) is 0 Å². The molecule has 2 N–H and O–H groups in total. The second kappa shape index (κ2) is 3.15. The molecule has 0 saturated heterocycles. The van der Waals surface area contributed by atoms with Gasteiger partial charge >= 0.3 is 0 Å². The summed E-state index contributed by atoms with van der Waals surface area (Å²) in [6.07, 6.45) is 1.62. The first-order valence-electron chi connectivity index (χ1n) is 3.85. The molecule has 0 aliphatic rings. The standard InChI is InChI=1S/C10H8ClNO/c11-9-3-1-7(2-4-9)8-5-10(12)13-6-8/h1-6H,12H2. The van der Waals surface area contributed by atoms with E-state index in [9.17, 15) is 0 Å². The Morgan fingerprint density at radius 1 is 1.08 bits per heavy atom. The largest absolute Gasteiger partial charge is 0.449 e. The molecule has 0 aliphatic carbocycles. The number of hydrogen-bond acceptors (Lipinski definition) is 2. The van der Waals surface area contributed by atoms with Crippen molar-refractivity contribution in [2.45, 2.75) is 0 Å². The van der Waals surface area contributed by atoms with E-state index in [-0.39, 0.29) is 0 Å². The van der Waals surface area contributed by atoms with Crippen LogP contribution in [0.15, 0.2) is 41.0 Å². The minimum atomic E-state index is 0.421. The summed E-state index contributed by atoms with van der Waals surface area (Å²) in [7, 11) is 0. The molecule has 0 spiro atoms. The van der Waals surface area contributed by atoms with E-state index >= 15 is 0 Å². The van der Waals surface area contributed by atoms with E-state index in [0.717, 1.165) is 16.1 Å².